The van der Waals surface area contributed by atoms with Gasteiger partial charge in [0.2, 0.25) is 15.9 Å². The lowest BCUT2D eigenvalue weighted by Gasteiger charge is -2.31. The summed E-state index contributed by atoms with van der Waals surface area (Å²) in [6, 6.07) is 5.58. The highest BCUT2D eigenvalue weighted by atomic mass is 32.2. The highest BCUT2D eigenvalue weighted by Gasteiger charge is 2.33. The molecule has 0 radical (unpaired) electrons. The second kappa shape index (κ2) is 9.20. The zero-order valence-corrected chi connectivity index (χ0v) is 18.1. The zero-order valence-electron chi connectivity index (χ0n) is 17.3. The van der Waals surface area contributed by atoms with Gasteiger partial charge in [0.05, 0.1) is 4.90 Å². The number of hydrogen-bond acceptors (Lipinski definition) is 3. The Bertz CT molecular complexity index is 751. The van der Waals surface area contributed by atoms with E-state index in [-0.39, 0.29) is 17.9 Å². The summed E-state index contributed by atoms with van der Waals surface area (Å²) in [5.74, 6) is 0.593. The molecular weight excluding hydrogens is 360 g/mol. The first-order chi connectivity index (χ1) is 12.6. The van der Waals surface area contributed by atoms with Crippen LogP contribution in [0.5, 0.6) is 0 Å². The molecule has 1 heterocycles. The number of hydrogen-bond donors (Lipinski definition) is 1. The third kappa shape index (κ3) is 5.79. The van der Waals surface area contributed by atoms with E-state index in [0.29, 0.717) is 36.7 Å². The number of piperidine rings is 1. The quantitative estimate of drug-likeness (QED) is 0.768. The van der Waals surface area contributed by atoms with Crippen LogP contribution in [0.25, 0.3) is 0 Å². The Balaban J connectivity index is 1.93. The van der Waals surface area contributed by atoms with E-state index >= 15 is 0 Å². The van der Waals surface area contributed by atoms with Crippen molar-refractivity contribution in [3.63, 3.8) is 0 Å². The Kier molecular flexibility index (Phi) is 7.46. The monoisotopic (exact) mass is 394 g/mol. The summed E-state index contributed by atoms with van der Waals surface area (Å²) in [7, 11) is -3.50. The van der Waals surface area contributed by atoms with Crippen molar-refractivity contribution < 1.29 is 13.2 Å². The molecule has 0 bridgehead atoms. The molecule has 2 rings (SSSR count). The minimum Gasteiger partial charge on any atom is -0.353 e. The topological polar surface area (TPSA) is 66.5 Å². The Morgan fingerprint density at radius 1 is 1.15 bits per heavy atom. The maximum Gasteiger partial charge on any atom is 0.243 e. The maximum absolute atomic E-state index is 12.9. The van der Waals surface area contributed by atoms with Crippen LogP contribution < -0.4 is 5.32 Å². The van der Waals surface area contributed by atoms with E-state index in [9.17, 15) is 13.2 Å². The predicted octanol–water partition coefficient (Wildman–Crippen LogP) is 3.65. The zero-order chi connectivity index (χ0) is 20.2. The van der Waals surface area contributed by atoms with Gasteiger partial charge in [-0.3, -0.25) is 4.79 Å². The van der Waals surface area contributed by atoms with Crippen LogP contribution in [-0.4, -0.2) is 37.8 Å². The van der Waals surface area contributed by atoms with E-state index in [2.05, 4.69) is 19.2 Å². The van der Waals surface area contributed by atoms with Crippen molar-refractivity contribution in [1.29, 1.82) is 0 Å². The number of nitrogens with one attached hydrogen (secondary N) is 1. The molecule has 1 aromatic carbocycles. The number of amides is 1. The first-order valence-electron chi connectivity index (χ1n) is 9.99. The van der Waals surface area contributed by atoms with Gasteiger partial charge in [-0.25, -0.2) is 8.42 Å². The van der Waals surface area contributed by atoms with Crippen molar-refractivity contribution in [2.75, 3.05) is 13.1 Å². The standard InChI is InChI=1S/C21H34N2O3S/c1-15(2)6-8-18(5)22-21(24)19-10-12-23(13-11-19)27(25,26)20-9-7-16(3)14-17(20)4/h7,9,14-15,18-19H,6,8,10-13H2,1-5H3,(H,22,24). The Morgan fingerprint density at radius 2 is 1.78 bits per heavy atom. The lowest BCUT2D eigenvalue weighted by Crippen LogP contribution is -2.44. The van der Waals surface area contributed by atoms with Gasteiger partial charge in [0.15, 0.2) is 0 Å². The Hall–Kier alpha value is -1.40. The molecule has 1 saturated heterocycles. The van der Waals surface area contributed by atoms with Crippen LogP contribution in [0.1, 0.15) is 57.6 Å². The normalized spacial score (nSPS) is 17.9. The molecule has 1 N–H and O–H groups in total. The first kappa shape index (κ1) is 21.9. The number of carbonyl (C=O) groups is 1. The number of nitrogens with zero attached hydrogens (tertiary/aromatic N) is 1. The van der Waals surface area contributed by atoms with Crippen LogP contribution in [0.3, 0.4) is 0 Å². The summed E-state index contributed by atoms with van der Waals surface area (Å²) >= 11 is 0. The highest BCUT2D eigenvalue weighted by molar-refractivity contribution is 7.89. The van der Waals surface area contributed by atoms with Gasteiger partial charge in [-0.15, -0.1) is 0 Å². The van der Waals surface area contributed by atoms with Crippen LogP contribution in [0.15, 0.2) is 23.1 Å². The number of rotatable bonds is 7. The SMILES string of the molecule is Cc1ccc(S(=O)(=O)N2CCC(C(=O)NC(C)CCC(C)C)CC2)c(C)c1. The van der Waals surface area contributed by atoms with Gasteiger partial charge in [0.25, 0.3) is 0 Å². The summed E-state index contributed by atoms with van der Waals surface area (Å²) in [5.41, 5.74) is 1.82. The molecule has 1 aliphatic heterocycles. The maximum atomic E-state index is 12.9. The minimum absolute atomic E-state index is 0.0646. The molecule has 6 heteroatoms. The molecule has 1 unspecified atom stereocenters. The second-order valence-electron chi connectivity index (χ2n) is 8.33. The lowest BCUT2D eigenvalue weighted by atomic mass is 9.96. The van der Waals surface area contributed by atoms with Crippen molar-refractivity contribution in [3.05, 3.63) is 29.3 Å². The summed E-state index contributed by atoms with van der Waals surface area (Å²) in [4.78, 5) is 12.9. The number of benzene rings is 1. The Morgan fingerprint density at radius 3 is 2.33 bits per heavy atom. The van der Waals surface area contributed by atoms with Gasteiger partial charge >= 0.3 is 0 Å². The van der Waals surface area contributed by atoms with Gasteiger partial charge < -0.3 is 5.32 Å². The summed E-state index contributed by atoms with van der Waals surface area (Å²) < 4.78 is 27.4. The number of carbonyl (C=O) groups excluding carboxylic acids is 1. The average Bonchev–Trinajstić information content (AvgIpc) is 2.59. The molecule has 1 aliphatic rings. The molecule has 0 aromatic heterocycles. The van der Waals surface area contributed by atoms with Crippen LogP contribution in [-0.2, 0) is 14.8 Å². The molecular formula is C21H34N2O3S. The molecule has 1 atom stereocenters. The largest absolute Gasteiger partial charge is 0.353 e. The molecule has 27 heavy (non-hydrogen) atoms. The van der Waals surface area contributed by atoms with E-state index in [4.69, 9.17) is 0 Å². The van der Waals surface area contributed by atoms with Crippen molar-refractivity contribution in [2.24, 2.45) is 11.8 Å². The molecule has 0 aliphatic carbocycles. The van der Waals surface area contributed by atoms with Crippen molar-refractivity contribution in [3.8, 4) is 0 Å². The van der Waals surface area contributed by atoms with Crippen LogP contribution in [0.2, 0.25) is 0 Å². The van der Waals surface area contributed by atoms with Crippen molar-refractivity contribution in [2.45, 2.75) is 71.2 Å². The smallest absolute Gasteiger partial charge is 0.243 e. The summed E-state index contributed by atoms with van der Waals surface area (Å²) in [6.07, 6.45) is 3.22. The van der Waals surface area contributed by atoms with E-state index in [1.165, 1.54) is 4.31 Å². The first-order valence-corrected chi connectivity index (χ1v) is 11.4. The lowest BCUT2D eigenvalue weighted by molar-refractivity contribution is -0.126. The van der Waals surface area contributed by atoms with Gasteiger partial charge in [-0.1, -0.05) is 31.5 Å². The van der Waals surface area contributed by atoms with E-state index < -0.39 is 10.0 Å². The molecule has 1 amide bonds. The van der Waals surface area contributed by atoms with Crippen molar-refractivity contribution in [1.82, 2.24) is 9.62 Å². The average molecular weight is 395 g/mol. The fourth-order valence-electron chi connectivity index (χ4n) is 3.60. The third-order valence-corrected chi connectivity index (χ3v) is 7.40. The van der Waals surface area contributed by atoms with Crippen LogP contribution >= 0.6 is 0 Å². The molecule has 1 aromatic rings. The number of aryl methyl sites for hydroxylation is 2. The second-order valence-corrected chi connectivity index (χ2v) is 10.2. The Labute approximate surface area is 164 Å². The van der Waals surface area contributed by atoms with Crippen LogP contribution in [0.4, 0.5) is 0 Å². The summed E-state index contributed by atoms with van der Waals surface area (Å²) in [5, 5.41) is 3.10. The van der Waals surface area contributed by atoms with Gasteiger partial charge in [0, 0.05) is 25.0 Å². The van der Waals surface area contributed by atoms with Gasteiger partial charge in [-0.2, -0.15) is 4.31 Å². The highest BCUT2D eigenvalue weighted by Crippen LogP contribution is 2.26. The molecule has 1 fully saturated rings. The molecule has 0 saturated carbocycles. The fraction of sp³-hybridized carbons (Fsp3) is 0.667. The van der Waals surface area contributed by atoms with E-state index in [1.807, 2.05) is 32.9 Å². The fourth-order valence-corrected chi connectivity index (χ4v) is 5.28. The van der Waals surface area contributed by atoms with Gasteiger partial charge in [0.1, 0.15) is 0 Å². The van der Waals surface area contributed by atoms with Crippen LogP contribution in [0, 0.1) is 25.7 Å². The molecule has 0 spiro atoms. The minimum atomic E-state index is -3.50. The van der Waals surface area contributed by atoms with E-state index in [0.717, 1.165) is 24.0 Å². The third-order valence-electron chi connectivity index (χ3n) is 5.34. The van der Waals surface area contributed by atoms with Gasteiger partial charge in [-0.05, 0) is 64.0 Å². The molecule has 152 valence electrons. The number of sulfonamides is 1. The van der Waals surface area contributed by atoms with E-state index in [1.54, 1.807) is 6.07 Å². The van der Waals surface area contributed by atoms with Crippen molar-refractivity contribution >= 4 is 15.9 Å². The molecule has 5 nitrogen and oxygen atoms in total. The predicted molar refractivity (Wildman–Crippen MR) is 109 cm³/mol. The summed E-state index contributed by atoms with van der Waals surface area (Å²) in [6.45, 7) is 11.0.